The number of nitrogens with zero attached hydrogens (tertiary/aromatic N) is 2. The van der Waals surface area contributed by atoms with Gasteiger partial charge in [0.1, 0.15) is 5.82 Å². The molecule has 4 nitrogen and oxygen atoms in total. The third-order valence-corrected chi connectivity index (χ3v) is 3.35. The molecule has 0 saturated heterocycles. The number of rotatable bonds is 1. The van der Waals surface area contributed by atoms with Crippen molar-refractivity contribution in [2.45, 2.75) is 31.3 Å². The lowest BCUT2D eigenvalue weighted by atomic mass is 10.0. The van der Waals surface area contributed by atoms with Crippen LogP contribution in [0.15, 0.2) is 11.2 Å². The molecule has 0 aromatic carbocycles. The molecule has 14 heavy (non-hydrogen) atoms. The minimum atomic E-state index is -4.62. The largest absolute Gasteiger partial charge is 0.349 e. The predicted molar refractivity (Wildman–Crippen MR) is 48.0 cm³/mol. The van der Waals surface area contributed by atoms with Gasteiger partial charge in [0.25, 0.3) is 0 Å². The van der Waals surface area contributed by atoms with Crippen molar-refractivity contribution in [1.82, 2.24) is 9.55 Å². The molecule has 0 bridgehead atoms. The van der Waals surface area contributed by atoms with Crippen molar-refractivity contribution in [3.05, 3.63) is 12.0 Å². The molecular formula is C8H11FN2O2S. The van der Waals surface area contributed by atoms with Gasteiger partial charge in [-0.05, 0) is 12.3 Å². The number of imidazole rings is 1. The Kier molecular flexibility index (Phi) is 2.10. The standard InChI is InChI=1S/C8H11FN2O2S/c1-6-2-3-11-7(4-6)10-5-8(11)14(9,12)13/h5-6H,2-4H2,1H3. The van der Waals surface area contributed by atoms with E-state index in [4.69, 9.17) is 0 Å². The van der Waals surface area contributed by atoms with Crippen LogP contribution in [0.5, 0.6) is 0 Å². The average molecular weight is 218 g/mol. The van der Waals surface area contributed by atoms with Gasteiger partial charge in [-0.15, -0.1) is 0 Å². The third kappa shape index (κ3) is 1.54. The summed E-state index contributed by atoms with van der Waals surface area (Å²) in [6.07, 6.45) is 2.68. The lowest BCUT2D eigenvalue weighted by Gasteiger charge is -2.20. The number of aromatic nitrogens is 2. The molecular weight excluding hydrogens is 207 g/mol. The Morgan fingerprint density at radius 2 is 2.36 bits per heavy atom. The molecule has 0 fully saturated rings. The Hall–Kier alpha value is -0.910. The fraction of sp³-hybridized carbons (Fsp3) is 0.625. The molecule has 0 radical (unpaired) electrons. The van der Waals surface area contributed by atoms with Crippen molar-refractivity contribution in [3.8, 4) is 0 Å². The van der Waals surface area contributed by atoms with E-state index in [2.05, 4.69) is 11.9 Å². The van der Waals surface area contributed by atoms with E-state index in [1.165, 1.54) is 4.57 Å². The van der Waals surface area contributed by atoms with Crippen LogP contribution in [0, 0.1) is 5.92 Å². The van der Waals surface area contributed by atoms with Gasteiger partial charge < -0.3 is 4.57 Å². The first-order chi connectivity index (χ1) is 6.48. The lowest BCUT2D eigenvalue weighted by molar-refractivity contribution is 0.390. The Balaban J connectivity index is 2.49. The molecule has 0 N–H and O–H groups in total. The Morgan fingerprint density at radius 3 is 3.00 bits per heavy atom. The van der Waals surface area contributed by atoms with Crippen LogP contribution in [0.25, 0.3) is 0 Å². The highest BCUT2D eigenvalue weighted by atomic mass is 32.3. The van der Waals surface area contributed by atoms with Crippen LogP contribution in [0.4, 0.5) is 3.89 Å². The average Bonchev–Trinajstić information content (AvgIpc) is 2.45. The van der Waals surface area contributed by atoms with Crippen LogP contribution in [-0.2, 0) is 23.2 Å². The highest BCUT2D eigenvalue weighted by molar-refractivity contribution is 7.86. The minimum Gasteiger partial charge on any atom is -0.317 e. The smallest absolute Gasteiger partial charge is 0.317 e. The highest BCUT2D eigenvalue weighted by Crippen LogP contribution is 2.23. The lowest BCUT2D eigenvalue weighted by Crippen LogP contribution is -2.19. The van der Waals surface area contributed by atoms with Gasteiger partial charge in [0.2, 0.25) is 0 Å². The van der Waals surface area contributed by atoms with Crippen LogP contribution in [0.1, 0.15) is 19.2 Å². The van der Waals surface area contributed by atoms with E-state index in [-0.39, 0.29) is 5.03 Å². The van der Waals surface area contributed by atoms with Crippen LogP contribution in [0.3, 0.4) is 0 Å². The van der Waals surface area contributed by atoms with E-state index in [1.807, 2.05) is 0 Å². The van der Waals surface area contributed by atoms with Crippen molar-refractivity contribution in [3.63, 3.8) is 0 Å². The summed E-state index contributed by atoms with van der Waals surface area (Å²) in [6.45, 7) is 2.61. The number of fused-ring (bicyclic) bond motifs is 1. The maximum absolute atomic E-state index is 12.8. The van der Waals surface area contributed by atoms with Gasteiger partial charge >= 0.3 is 10.2 Å². The highest BCUT2D eigenvalue weighted by Gasteiger charge is 2.25. The third-order valence-electron chi connectivity index (χ3n) is 2.53. The van der Waals surface area contributed by atoms with Crippen molar-refractivity contribution in [2.24, 2.45) is 5.92 Å². The second-order valence-corrected chi connectivity index (χ2v) is 4.99. The van der Waals surface area contributed by atoms with E-state index >= 15 is 0 Å². The first-order valence-electron chi connectivity index (χ1n) is 4.47. The summed E-state index contributed by atoms with van der Waals surface area (Å²) in [7, 11) is -4.62. The van der Waals surface area contributed by atoms with Gasteiger partial charge in [-0.1, -0.05) is 10.8 Å². The normalized spacial score (nSPS) is 22.0. The molecule has 0 spiro atoms. The Labute approximate surface area is 82.0 Å². The molecule has 1 aromatic rings. The summed E-state index contributed by atoms with van der Waals surface area (Å²) in [5, 5.41) is -0.306. The minimum absolute atomic E-state index is 0.306. The van der Waals surface area contributed by atoms with Gasteiger partial charge in [0.05, 0.1) is 6.20 Å². The van der Waals surface area contributed by atoms with Crippen molar-refractivity contribution in [2.75, 3.05) is 0 Å². The molecule has 2 heterocycles. The van der Waals surface area contributed by atoms with E-state index in [0.29, 0.717) is 18.3 Å². The second kappa shape index (κ2) is 3.05. The van der Waals surface area contributed by atoms with Crippen molar-refractivity contribution >= 4 is 10.2 Å². The van der Waals surface area contributed by atoms with Gasteiger partial charge in [-0.25, -0.2) is 4.98 Å². The maximum Gasteiger partial charge on any atom is 0.349 e. The van der Waals surface area contributed by atoms with E-state index in [9.17, 15) is 12.3 Å². The summed E-state index contributed by atoms with van der Waals surface area (Å²) in [6, 6.07) is 0. The van der Waals surface area contributed by atoms with Gasteiger partial charge in [-0.2, -0.15) is 8.42 Å². The van der Waals surface area contributed by atoms with E-state index in [0.717, 1.165) is 19.0 Å². The molecule has 0 aliphatic carbocycles. The molecule has 1 unspecified atom stereocenters. The van der Waals surface area contributed by atoms with Gasteiger partial charge in [0.15, 0.2) is 5.03 Å². The Morgan fingerprint density at radius 1 is 1.64 bits per heavy atom. The maximum atomic E-state index is 12.8. The van der Waals surface area contributed by atoms with Gasteiger partial charge in [-0.3, -0.25) is 0 Å². The Bertz CT molecular complexity index is 452. The topological polar surface area (TPSA) is 52.0 Å². The fourth-order valence-corrected chi connectivity index (χ4v) is 2.39. The molecule has 1 aromatic heterocycles. The summed E-state index contributed by atoms with van der Waals surface area (Å²) in [5.41, 5.74) is 0. The van der Waals surface area contributed by atoms with E-state index in [1.54, 1.807) is 0 Å². The molecule has 78 valence electrons. The molecule has 1 atom stereocenters. The number of halogens is 1. The first-order valence-corrected chi connectivity index (χ1v) is 5.86. The predicted octanol–water partition coefficient (Wildman–Crippen LogP) is 1.12. The molecule has 6 heteroatoms. The quantitative estimate of drug-likeness (QED) is 0.664. The van der Waals surface area contributed by atoms with Crippen LogP contribution >= 0.6 is 0 Å². The zero-order valence-electron chi connectivity index (χ0n) is 7.77. The SMILES string of the molecule is CC1CCn2c(S(=O)(=O)F)cnc2C1. The zero-order chi connectivity index (χ0) is 10.3. The second-order valence-electron chi connectivity index (χ2n) is 3.70. The van der Waals surface area contributed by atoms with Crippen molar-refractivity contribution < 1.29 is 12.3 Å². The molecule has 1 aliphatic rings. The van der Waals surface area contributed by atoms with Crippen LogP contribution < -0.4 is 0 Å². The van der Waals surface area contributed by atoms with Crippen LogP contribution in [-0.4, -0.2) is 18.0 Å². The monoisotopic (exact) mass is 218 g/mol. The molecule has 0 saturated carbocycles. The van der Waals surface area contributed by atoms with E-state index < -0.39 is 10.2 Å². The zero-order valence-corrected chi connectivity index (χ0v) is 8.59. The first kappa shape index (κ1) is 9.64. The molecule has 2 rings (SSSR count). The summed E-state index contributed by atoms with van der Waals surface area (Å²) in [5.74, 6) is 1.15. The van der Waals surface area contributed by atoms with Crippen molar-refractivity contribution in [1.29, 1.82) is 0 Å². The van der Waals surface area contributed by atoms with Gasteiger partial charge in [0, 0.05) is 13.0 Å². The fourth-order valence-electron chi connectivity index (χ4n) is 1.76. The molecule has 1 aliphatic heterocycles. The summed E-state index contributed by atoms with van der Waals surface area (Å²) >= 11 is 0. The summed E-state index contributed by atoms with van der Waals surface area (Å²) in [4.78, 5) is 3.92. The molecule has 0 amide bonds. The van der Waals surface area contributed by atoms with Crippen LogP contribution in [0.2, 0.25) is 0 Å². The number of hydrogen-bond donors (Lipinski definition) is 0. The summed E-state index contributed by atoms with van der Waals surface area (Å²) < 4.78 is 35.6. The number of hydrogen-bond acceptors (Lipinski definition) is 3.